The maximum Gasteiger partial charge on any atom is 0.417 e. The standard InChI is InChI=1S/C66H49F6N3/c1-38-29-40(3)61(41(4)30-38)46-25-27-59-51(33-46)52-34-47(62-42(5)31-39(2)32-43(62)6)26-28-60(52)75(59)63-53(49-21-13-15-23-55(49)65(67,68)69)35-48(36-54(63)50-22-14-16-24-56(50)66(70,71)72)58-37-57(44-17-9-7-10-18-44)73-64(74-58)45-19-11-8-12-20-45/h7-37H,1-6H3. The molecule has 0 aliphatic carbocycles. The molecular formula is C66H49F6N3. The van der Waals surface area contributed by atoms with Crippen LogP contribution in [-0.4, -0.2) is 14.5 Å². The second-order valence-electron chi connectivity index (χ2n) is 19.5. The fraction of sp³-hybridized carbons (Fsp3) is 0.121. The summed E-state index contributed by atoms with van der Waals surface area (Å²) in [5.74, 6) is 0.331. The highest BCUT2D eigenvalue weighted by atomic mass is 19.4. The van der Waals surface area contributed by atoms with E-state index in [9.17, 15) is 0 Å². The molecule has 0 bridgehead atoms. The molecule has 0 aliphatic rings. The van der Waals surface area contributed by atoms with Crippen LogP contribution < -0.4 is 0 Å². The fourth-order valence-corrected chi connectivity index (χ4v) is 11.3. The van der Waals surface area contributed by atoms with Crippen LogP contribution in [-0.2, 0) is 12.4 Å². The molecular weight excluding hydrogens is 949 g/mol. The van der Waals surface area contributed by atoms with Crippen molar-refractivity contribution in [3.05, 3.63) is 233 Å². The molecule has 0 radical (unpaired) electrons. The smallest absolute Gasteiger partial charge is 0.308 e. The summed E-state index contributed by atoms with van der Waals surface area (Å²) in [5.41, 5.74) is 12.1. The van der Waals surface area contributed by atoms with Crippen molar-refractivity contribution in [3.63, 3.8) is 0 Å². The molecule has 0 fully saturated rings. The minimum absolute atomic E-state index is 0.0518. The van der Waals surface area contributed by atoms with Gasteiger partial charge in [0.2, 0.25) is 0 Å². The number of alkyl halides is 6. The van der Waals surface area contributed by atoms with Crippen molar-refractivity contribution in [2.24, 2.45) is 0 Å². The van der Waals surface area contributed by atoms with E-state index >= 15 is 26.3 Å². The molecule has 0 aliphatic heterocycles. The Labute approximate surface area is 431 Å². The van der Waals surface area contributed by atoms with Crippen LogP contribution in [0, 0.1) is 41.5 Å². The number of benzene rings is 9. The predicted molar refractivity (Wildman–Crippen MR) is 293 cm³/mol. The molecule has 0 saturated carbocycles. The Bertz CT molecular complexity index is 3740. The van der Waals surface area contributed by atoms with Gasteiger partial charge in [0.05, 0.1) is 39.2 Å². The minimum atomic E-state index is -4.86. The van der Waals surface area contributed by atoms with E-state index in [0.717, 1.165) is 84.1 Å². The predicted octanol–water partition coefficient (Wildman–Crippen LogP) is 19.1. The van der Waals surface area contributed by atoms with Gasteiger partial charge in [0.1, 0.15) is 0 Å². The molecule has 0 atom stereocenters. The Kier molecular flexibility index (Phi) is 12.2. The van der Waals surface area contributed by atoms with Gasteiger partial charge in [0.15, 0.2) is 5.82 Å². The summed E-state index contributed by atoms with van der Waals surface area (Å²) in [5, 5.41) is 1.55. The number of fused-ring (bicyclic) bond motifs is 3. The lowest BCUT2D eigenvalue weighted by molar-refractivity contribution is -0.137. The van der Waals surface area contributed by atoms with Gasteiger partial charge in [-0.05, 0) is 152 Å². The number of aromatic nitrogens is 3. The van der Waals surface area contributed by atoms with E-state index in [2.05, 4.69) is 77.9 Å². The van der Waals surface area contributed by atoms with Crippen LogP contribution in [0.3, 0.4) is 0 Å². The molecule has 370 valence electrons. The van der Waals surface area contributed by atoms with Gasteiger partial charge in [-0.2, -0.15) is 26.3 Å². The Hall–Kier alpha value is -8.56. The van der Waals surface area contributed by atoms with Gasteiger partial charge in [0.25, 0.3) is 0 Å². The maximum atomic E-state index is 15.7. The highest BCUT2D eigenvalue weighted by Gasteiger charge is 2.37. The van der Waals surface area contributed by atoms with Crippen molar-refractivity contribution in [1.82, 2.24) is 14.5 Å². The molecule has 11 rings (SSSR count). The van der Waals surface area contributed by atoms with Gasteiger partial charge in [-0.1, -0.05) is 145 Å². The lowest BCUT2D eigenvalue weighted by atomic mass is 9.88. The minimum Gasteiger partial charge on any atom is -0.308 e. The third-order valence-electron chi connectivity index (χ3n) is 14.2. The number of rotatable bonds is 8. The number of aryl methyl sites for hydroxylation is 6. The lowest BCUT2D eigenvalue weighted by Gasteiger charge is -2.24. The quantitative estimate of drug-likeness (QED) is 0.142. The molecule has 2 heterocycles. The molecule has 0 amide bonds. The maximum absolute atomic E-state index is 15.7. The molecule has 3 nitrogen and oxygen atoms in total. The van der Waals surface area contributed by atoms with Gasteiger partial charge in [0, 0.05) is 38.6 Å². The Morgan fingerprint density at radius 2 is 0.733 bits per heavy atom. The zero-order chi connectivity index (χ0) is 52.5. The summed E-state index contributed by atoms with van der Waals surface area (Å²) in [6.45, 7) is 12.4. The monoisotopic (exact) mass is 997 g/mol. The molecule has 0 unspecified atom stereocenters. The van der Waals surface area contributed by atoms with Gasteiger partial charge in [-0.15, -0.1) is 0 Å². The SMILES string of the molecule is Cc1cc(C)c(-c2ccc3c(c2)c2cc(-c4c(C)cc(C)cc4C)ccc2n3-c2c(-c3ccccc3C(F)(F)F)cc(-c3cc(-c4ccccc4)nc(-c4ccccc4)n3)cc2-c2ccccc2C(F)(F)F)c(C)c1. The van der Waals surface area contributed by atoms with Crippen LogP contribution in [0.25, 0.3) is 106 Å². The Morgan fingerprint density at radius 3 is 1.16 bits per heavy atom. The Balaban J connectivity index is 1.33. The molecule has 2 aromatic heterocycles. The molecule has 0 spiro atoms. The van der Waals surface area contributed by atoms with Crippen molar-refractivity contribution in [2.75, 3.05) is 0 Å². The van der Waals surface area contributed by atoms with Gasteiger partial charge >= 0.3 is 12.4 Å². The number of nitrogens with zero attached hydrogens (tertiary/aromatic N) is 3. The van der Waals surface area contributed by atoms with E-state index in [1.807, 2.05) is 89.5 Å². The van der Waals surface area contributed by atoms with Crippen LogP contribution in [0.15, 0.2) is 188 Å². The molecule has 9 aromatic carbocycles. The normalized spacial score (nSPS) is 12.0. The first-order valence-corrected chi connectivity index (χ1v) is 24.7. The van der Waals surface area contributed by atoms with E-state index in [4.69, 9.17) is 9.97 Å². The first-order valence-electron chi connectivity index (χ1n) is 24.7. The van der Waals surface area contributed by atoms with Gasteiger partial charge < -0.3 is 4.57 Å². The van der Waals surface area contributed by atoms with E-state index in [1.54, 1.807) is 18.2 Å². The van der Waals surface area contributed by atoms with Crippen LogP contribution in [0.5, 0.6) is 0 Å². The fourth-order valence-electron chi connectivity index (χ4n) is 11.3. The highest BCUT2D eigenvalue weighted by Crippen LogP contribution is 2.50. The van der Waals surface area contributed by atoms with E-state index in [-0.39, 0.29) is 33.5 Å². The zero-order valence-corrected chi connectivity index (χ0v) is 42.0. The second-order valence-corrected chi connectivity index (χ2v) is 19.5. The van der Waals surface area contributed by atoms with E-state index < -0.39 is 23.5 Å². The molecule has 11 aromatic rings. The van der Waals surface area contributed by atoms with Crippen molar-refractivity contribution < 1.29 is 26.3 Å². The van der Waals surface area contributed by atoms with Crippen LogP contribution in [0.2, 0.25) is 0 Å². The third-order valence-corrected chi connectivity index (χ3v) is 14.2. The number of halogens is 6. The van der Waals surface area contributed by atoms with Crippen molar-refractivity contribution in [1.29, 1.82) is 0 Å². The first kappa shape index (κ1) is 48.7. The topological polar surface area (TPSA) is 30.7 Å². The number of hydrogen-bond donors (Lipinski definition) is 0. The van der Waals surface area contributed by atoms with E-state index in [1.165, 1.54) is 36.4 Å². The lowest BCUT2D eigenvalue weighted by Crippen LogP contribution is -2.11. The Morgan fingerprint density at radius 1 is 0.347 bits per heavy atom. The van der Waals surface area contributed by atoms with Crippen molar-refractivity contribution >= 4 is 21.8 Å². The van der Waals surface area contributed by atoms with Crippen LogP contribution in [0.1, 0.15) is 44.5 Å². The third kappa shape index (κ3) is 8.96. The molecule has 9 heteroatoms. The zero-order valence-electron chi connectivity index (χ0n) is 42.0. The van der Waals surface area contributed by atoms with E-state index in [0.29, 0.717) is 33.8 Å². The molecule has 0 saturated heterocycles. The summed E-state index contributed by atoms with van der Waals surface area (Å²) < 4.78 is 95.9. The highest BCUT2D eigenvalue weighted by molar-refractivity contribution is 6.13. The first-order chi connectivity index (χ1) is 35.9. The second kappa shape index (κ2) is 18.7. The van der Waals surface area contributed by atoms with Crippen molar-refractivity contribution in [3.8, 4) is 84.1 Å². The molecule has 0 N–H and O–H groups in total. The average molecular weight is 998 g/mol. The summed E-state index contributed by atoms with van der Waals surface area (Å²) in [6.07, 6.45) is -9.72. The summed E-state index contributed by atoms with van der Waals surface area (Å²) in [7, 11) is 0. The van der Waals surface area contributed by atoms with Crippen molar-refractivity contribution in [2.45, 2.75) is 53.9 Å². The van der Waals surface area contributed by atoms with Gasteiger partial charge in [-0.25, -0.2) is 9.97 Å². The van der Waals surface area contributed by atoms with Crippen LogP contribution >= 0.6 is 0 Å². The summed E-state index contributed by atoms with van der Waals surface area (Å²) in [4.78, 5) is 10.0. The van der Waals surface area contributed by atoms with Gasteiger partial charge in [-0.3, -0.25) is 0 Å². The molecule has 75 heavy (non-hydrogen) atoms. The summed E-state index contributed by atoms with van der Waals surface area (Å²) in [6, 6.07) is 54.9. The average Bonchev–Trinajstić information content (AvgIpc) is 3.70. The summed E-state index contributed by atoms with van der Waals surface area (Å²) >= 11 is 0. The largest absolute Gasteiger partial charge is 0.417 e. The van der Waals surface area contributed by atoms with Crippen LogP contribution in [0.4, 0.5) is 26.3 Å². The number of hydrogen-bond acceptors (Lipinski definition) is 2.